The first-order valence-electron chi connectivity index (χ1n) is 5.91. The molecule has 0 aromatic carbocycles. The lowest BCUT2D eigenvalue weighted by Crippen LogP contribution is -2.15. The van der Waals surface area contributed by atoms with E-state index in [1.807, 2.05) is 6.33 Å². The Bertz CT molecular complexity index is 322. The van der Waals surface area contributed by atoms with E-state index in [0.29, 0.717) is 5.41 Å². The van der Waals surface area contributed by atoms with Crippen LogP contribution in [-0.2, 0) is 13.0 Å². The molecule has 15 heavy (non-hydrogen) atoms. The van der Waals surface area contributed by atoms with E-state index in [4.69, 9.17) is 0 Å². The molecule has 1 aromatic rings. The Balaban J connectivity index is 2.05. The molecule has 0 bridgehead atoms. The molecule has 1 aromatic heterocycles. The predicted octanol–water partition coefficient (Wildman–Crippen LogP) is 2.67. The van der Waals surface area contributed by atoms with Gasteiger partial charge in [-0.3, -0.25) is 0 Å². The van der Waals surface area contributed by atoms with Crippen LogP contribution in [0, 0.1) is 11.3 Å². The van der Waals surface area contributed by atoms with Crippen LogP contribution in [0.4, 0.5) is 0 Å². The maximum atomic E-state index is 4.21. The fraction of sp³-hybridized carbons (Fsp3) is 0.833. The van der Waals surface area contributed by atoms with Gasteiger partial charge in [0.25, 0.3) is 0 Å². The van der Waals surface area contributed by atoms with Crippen LogP contribution in [0.15, 0.2) is 6.33 Å². The molecule has 84 valence electrons. The van der Waals surface area contributed by atoms with Crippen LogP contribution in [0.25, 0.3) is 0 Å². The third kappa shape index (κ3) is 2.80. The lowest BCUT2D eigenvalue weighted by Gasteiger charge is -2.24. The van der Waals surface area contributed by atoms with Crippen molar-refractivity contribution < 1.29 is 0 Å². The minimum absolute atomic E-state index is 0.430. The van der Waals surface area contributed by atoms with Gasteiger partial charge in [-0.05, 0) is 30.6 Å². The van der Waals surface area contributed by atoms with E-state index in [9.17, 15) is 0 Å². The van der Waals surface area contributed by atoms with Crippen molar-refractivity contribution in [3.63, 3.8) is 0 Å². The van der Waals surface area contributed by atoms with Gasteiger partial charge in [0.2, 0.25) is 0 Å². The van der Waals surface area contributed by atoms with Crippen LogP contribution in [0.5, 0.6) is 0 Å². The molecular formula is C12H21N3. The van der Waals surface area contributed by atoms with E-state index < -0.39 is 0 Å². The van der Waals surface area contributed by atoms with Gasteiger partial charge >= 0.3 is 0 Å². The SMILES string of the molecule is CC(C)(C)CC1CCCn2cnnc2C1. The summed E-state index contributed by atoms with van der Waals surface area (Å²) in [6.45, 7) is 8.07. The number of nitrogens with zero attached hydrogens (tertiary/aromatic N) is 3. The molecule has 1 aliphatic rings. The summed E-state index contributed by atoms with van der Waals surface area (Å²) < 4.78 is 2.21. The summed E-state index contributed by atoms with van der Waals surface area (Å²) in [6.07, 6.45) is 6.87. The molecule has 1 atom stereocenters. The molecule has 0 aliphatic carbocycles. The van der Waals surface area contributed by atoms with Crippen molar-refractivity contribution in [2.24, 2.45) is 11.3 Å². The van der Waals surface area contributed by atoms with Gasteiger partial charge in [-0.1, -0.05) is 20.8 Å². The van der Waals surface area contributed by atoms with Crippen molar-refractivity contribution >= 4 is 0 Å². The first-order valence-corrected chi connectivity index (χ1v) is 5.91. The smallest absolute Gasteiger partial charge is 0.133 e. The fourth-order valence-corrected chi connectivity index (χ4v) is 2.57. The summed E-state index contributed by atoms with van der Waals surface area (Å²) in [5, 5.41) is 8.20. The Morgan fingerprint density at radius 3 is 3.00 bits per heavy atom. The molecule has 0 fully saturated rings. The maximum Gasteiger partial charge on any atom is 0.133 e. The molecule has 1 unspecified atom stereocenters. The van der Waals surface area contributed by atoms with E-state index in [0.717, 1.165) is 18.9 Å². The number of rotatable bonds is 1. The van der Waals surface area contributed by atoms with Crippen LogP contribution in [0.2, 0.25) is 0 Å². The van der Waals surface area contributed by atoms with Gasteiger partial charge in [0.15, 0.2) is 0 Å². The second kappa shape index (κ2) is 3.95. The summed E-state index contributed by atoms with van der Waals surface area (Å²) in [7, 11) is 0. The first kappa shape index (κ1) is 10.7. The van der Waals surface area contributed by atoms with Crippen LogP contribution in [-0.4, -0.2) is 14.8 Å². The summed E-state index contributed by atoms with van der Waals surface area (Å²) in [4.78, 5) is 0. The van der Waals surface area contributed by atoms with Gasteiger partial charge in [0.1, 0.15) is 12.2 Å². The molecule has 0 saturated heterocycles. The molecule has 0 radical (unpaired) electrons. The van der Waals surface area contributed by atoms with Crippen molar-refractivity contribution in [3.05, 3.63) is 12.2 Å². The molecule has 0 saturated carbocycles. The van der Waals surface area contributed by atoms with E-state index in [1.54, 1.807) is 0 Å². The molecule has 0 spiro atoms. The van der Waals surface area contributed by atoms with Crippen LogP contribution < -0.4 is 0 Å². The van der Waals surface area contributed by atoms with Gasteiger partial charge in [0.05, 0.1) is 0 Å². The highest BCUT2D eigenvalue weighted by molar-refractivity contribution is 4.91. The van der Waals surface area contributed by atoms with Gasteiger partial charge in [-0.25, -0.2) is 0 Å². The third-order valence-electron chi connectivity index (χ3n) is 3.08. The van der Waals surface area contributed by atoms with Crippen molar-refractivity contribution in [2.75, 3.05) is 0 Å². The Hall–Kier alpha value is -0.860. The standard InChI is InChI=1S/C12H21N3/c1-12(2,3)8-10-5-4-6-15-9-13-14-11(15)7-10/h9-10H,4-8H2,1-3H3. The van der Waals surface area contributed by atoms with Crippen molar-refractivity contribution in [1.29, 1.82) is 0 Å². The molecule has 0 amide bonds. The second-order valence-electron chi connectivity index (χ2n) is 5.92. The van der Waals surface area contributed by atoms with Gasteiger partial charge < -0.3 is 4.57 Å². The molecule has 3 heteroatoms. The highest BCUT2D eigenvalue weighted by atomic mass is 15.3. The molecule has 2 rings (SSSR count). The minimum atomic E-state index is 0.430. The molecule has 2 heterocycles. The maximum absolute atomic E-state index is 4.21. The van der Waals surface area contributed by atoms with Crippen molar-refractivity contribution in [3.8, 4) is 0 Å². The van der Waals surface area contributed by atoms with Crippen LogP contribution in [0.1, 0.15) is 45.9 Å². The largest absolute Gasteiger partial charge is 0.318 e. The molecule has 0 N–H and O–H groups in total. The average Bonchev–Trinajstić information content (AvgIpc) is 2.43. The fourth-order valence-electron chi connectivity index (χ4n) is 2.57. The number of hydrogen-bond acceptors (Lipinski definition) is 2. The number of hydrogen-bond donors (Lipinski definition) is 0. The lowest BCUT2D eigenvalue weighted by molar-refractivity contribution is 0.279. The normalized spacial score (nSPS) is 22.2. The monoisotopic (exact) mass is 207 g/mol. The number of aromatic nitrogens is 3. The lowest BCUT2D eigenvalue weighted by atomic mass is 9.81. The zero-order chi connectivity index (χ0) is 10.9. The highest BCUT2D eigenvalue weighted by Crippen LogP contribution is 2.30. The summed E-state index contributed by atoms with van der Waals surface area (Å²) in [5.41, 5.74) is 0.430. The average molecular weight is 207 g/mol. The Labute approximate surface area is 91.9 Å². The summed E-state index contributed by atoms with van der Waals surface area (Å²) in [6, 6.07) is 0. The summed E-state index contributed by atoms with van der Waals surface area (Å²) in [5.74, 6) is 1.97. The predicted molar refractivity (Wildman–Crippen MR) is 60.5 cm³/mol. The Kier molecular flexibility index (Phi) is 2.81. The summed E-state index contributed by atoms with van der Waals surface area (Å²) >= 11 is 0. The minimum Gasteiger partial charge on any atom is -0.318 e. The van der Waals surface area contributed by atoms with Crippen LogP contribution >= 0.6 is 0 Å². The highest BCUT2D eigenvalue weighted by Gasteiger charge is 2.22. The zero-order valence-electron chi connectivity index (χ0n) is 10.0. The van der Waals surface area contributed by atoms with Gasteiger partial charge in [-0.15, -0.1) is 10.2 Å². The molecule has 3 nitrogen and oxygen atoms in total. The third-order valence-corrected chi connectivity index (χ3v) is 3.08. The quantitative estimate of drug-likeness (QED) is 0.709. The number of fused-ring (bicyclic) bond motifs is 1. The van der Waals surface area contributed by atoms with Crippen molar-refractivity contribution in [2.45, 2.75) is 53.0 Å². The second-order valence-corrected chi connectivity index (χ2v) is 5.92. The van der Waals surface area contributed by atoms with E-state index >= 15 is 0 Å². The molecule has 1 aliphatic heterocycles. The van der Waals surface area contributed by atoms with E-state index in [2.05, 4.69) is 35.5 Å². The Morgan fingerprint density at radius 1 is 1.47 bits per heavy atom. The number of aryl methyl sites for hydroxylation is 1. The van der Waals surface area contributed by atoms with E-state index in [1.165, 1.54) is 25.1 Å². The molecular weight excluding hydrogens is 186 g/mol. The Morgan fingerprint density at radius 2 is 2.27 bits per heavy atom. The van der Waals surface area contributed by atoms with Crippen molar-refractivity contribution in [1.82, 2.24) is 14.8 Å². The van der Waals surface area contributed by atoms with E-state index in [-0.39, 0.29) is 0 Å². The van der Waals surface area contributed by atoms with Gasteiger partial charge in [0, 0.05) is 13.0 Å². The first-order chi connectivity index (χ1) is 7.04. The topological polar surface area (TPSA) is 30.7 Å². The van der Waals surface area contributed by atoms with Crippen LogP contribution in [0.3, 0.4) is 0 Å². The van der Waals surface area contributed by atoms with Gasteiger partial charge in [-0.2, -0.15) is 0 Å². The zero-order valence-corrected chi connectivity index (χ0v) is 10.0.